The van der Waals surface area contributed by atoms with E-state index in [9.17, 15) is 19.3 Å². The van der Waals surface area contributed by atoms with Crippen molar-refractivity contribution in [1.29, 1.82) is 0 Å². The number of phosphoric acid groups is 1. The minimum absolute atomic E-state index is 0. The van der Waals surface area contributed by atoms with Crippen LogP contribution in [0.4, 0.5) is 0 Å². The molecule has 6 rings (SSSR count). The highest BCUT2D eigenvalue weighted by Gasteiger charge is 2.50. The summed E-state index contributed by atoms with van der Waals surface area (Å²) in [6.07, 6.45) is -6.58. The molecule has 0 spiro atoms. The Labute approximate surface area is 351 Å². The molecular formula is C44H57O15P. The third-order valence-electron chi connectivity index (χ3n) is 8.81. The van der Waals surface area contributed by atoms with Crippen molar-refractivity contribution < 1.29 is 71.5 Å². The van der Waals surface area contributed by atoms with E-state index in [1.807, 2.05) is 121 Å². The SMILES string of the molecule is C.C.CC(=O)O[C@H]1C(OCc2ccccc2)[C@@H](CO)O[C@@H]1OCc1ccccc1.CC(=O)O[C@H]1C(OCc2ccccc2)[C@@H](COP(=O)(O)O)O[C@@H]1OCc1ccccc1. The Balaban J connectivity index is 0.000000313. The summed E-state index contributed by atoms with van der Waals surface area (Å²) in [5, 5.41) is 9.69. The predicted octanol–water partition coefficient (Wildman–Crippen LogP) is 6.26. The number of hydrogen-bond acceptors (Lipinski definition) is 13. The maximum absolute atomic E-state index is 11.7. The van der Waals surface area contributed by atoms with Crippen molar-refractivity contribution in [3.05, 3.63) is 144 Å². The summed E-state index contributed by atoms with van der Waals surface area (Å²) < 4.78 is 61.8. The first-order valence-electron chi connectivity index (χ1n) is 18.6. The second kappa shape index (κ2) is 25.4. The molecule has 2 heterocycles. The fourth-order valence-corrected chi connectivity index (χ4v) is 6.52. The lowest BCUT2D eigenvalue weighted by molar-refractivity contribution is -0.192. The van der Waals surface area contributed by atoms with Gasteiger partial charge in [-0.3, -0.25) is 14.1 Å². The molecule has 2 unspecified atom stereocenters. The Morgan fingerprint density at radius 3 is 1.17 bits per heavy atom. The third kappa shape index (κ3) is 16.3. The Kier molecular flexibility index (Phi) is 21.2. The van der Waals surface area contributed by atoms with Crippen molar-refractivity contribution in [2.24, 2.45) is 0 Å². The van der Waals surface area contributed by atoms with Crippen molar-refractivity contribution >= 4 is 19.8 Å². The van der Waals surface area contributed by atoms with Crippen molar-refractivity contribution in [1.82, 2.24) is 0 Å². The molecule has 3 N–H and O–H groups in total. The third-order valence-corrected chi connectivity index (χ3v) is 9.30. The second-order valence-corrected chi connectivity index (χ2v) is 14.6. The molecule has 0 radical (unpaired) electrons. The molecule has 16 heteroatoms. The van der Waals surface area contributed by atoms with Crippen LogP contribution in [0.2, 0.25) is 0 Å². The maximum atomic E-state index is 11.7. The van der Waals surface area contributed by atoms with Gasteiger partial charge >= 0.3 is 19.8 Å². The Hall–Kier alpha value is -4.35. The number of phosphoric ester groups is 1. The monoisotopic (exact) mass is 856 g/mol. The van der Waals surface area contributed by atoms with Crippen LogP contribution < -0.4 is 0 Å². The number of rotatable bonds is 18. The molecule has 2 saturated heterocycles. The highest BCUT2D eigenvalue weighted by atomic mass is 31.2. The summed E-state index contributed by atoms with van der Waals surface area (Å²) in [6, 6.07) is 37.9. The number of esters is 2. The molecule has 328 valence electrons. The standard InChI is InChI=1S/C21H25O9P.C21H24O6.2CH4/c1-15(22)29-20-19(26-12-16-8-4-2-5-9-16)18(14-28-31(23,24)25)30-21(20)27-13-17-10-6-3-7-11-17;1-15(23)26-20-19(24-13-16-8-4-2-5-9-16)18(12-22)27-21(20)25-14-17-10-6-3-7-11-17;;/h2-11,18-21H,12-14H2,1H3,(H2,23,24,25);2-11,18-22H,12-14H2,1H3;2*1H4/t2*18-,19?,20+,21+;;/m11../s1. The molecule has 0 aliphatic carbocycles. The van der Waals surface area contributed by atoms with Gasteiger partial charge in [-0.15, -0.1) is 0 Å². The van der Waals surface area contributed by atoms with E-state index in [-0.39, 0.29) is 34.7 Å². The van der Waals surface area contributed by atoms with Gasteiger partial charge < -0.3 is 52.8 Å². The average Bonchev–Trinajstić information content (AvgIpc) is 3.73. The van der Waals surface area contributed by atoms with Gasteiger partial charge in [0, 0.05) is 13.8 Å². The lowest BCUT2D eigenvalue weighted by Gasteiger charge is -2.24. The molecule has 2 fully saturated rings. The van der Waals surface area contributed by atoms with E-state index in [2.05, 4.69) is 4.52 Å². The second-order valence-electron chi connectivity index (χ2n) is 13.3. The normalized spacial score (nSPS) is 23.3. The summed E-state index contributed by atoms with van der Waals surface area (Å²) in [7, 11) is -4.74. The number of benzene rings is 4. The number of aliphatic hydroxyl groups is 1. The van der Waals surface area contributed by atoms with Crippen LogP contribution in [0.5, 0.6) is 0 Å². The zero-order valence-corrected chi connectivity index (χ0v) is 33.0. The summed E-state index contributed by atoms with van der Waals surface area (Å²) >= 11 is 0. The lowest BCUT2D eigenvalue weighted by Crippen LogP contribution is -2.40. The molecule has 0 aromatic heterocycles. The van der Waals surface area contributed by atoms with Gasteiger partial charge in [0.25, 0.3) is 0 Å². The van der Waals surface area contributed by atoms with E-state index >= 15 is 0 Å². The fraction of sp³-hybridized carbons (Fsp3) is 0.409. The van der Waals surface area contributed by atoms with Crippen LogP contribution in [-0.4, -0.2) is 89.2 Å². The first-order chi connectivity index (χ1) is 28.0. The smallest absolute Gasteiger partial charge is 0.454 e. The molecule has 0 bridgehead atoms. The Bertz CT molecular complexity index is 1850. The summed E-state index contributed by atoms with van der Waals surface area (Å²) in [4.78, 5) is 41.5. The molecule has 4 aromatic rings. The Morgan fingerprint density at radius 1 is 0.533 bits per heavy atom. The van der Waals surface area contributed by atoms with Crippen LogP contribution in [0.25, 0.3) is 0 Å². The van der Waals surface area contributed by atoms with Crippen molar-refractivity contribution in [3.8, 4) is 0 Å². The number of ether oxygens (including phenoxy) is 8. The van der Waals surface area contributed by atoms with Gasteiger partial charge in [-0.1, -0.05) is 136 Å². The van der Waals surface area contributed by atoms with Gasteiger partial charge in [-0.2, -0.15) is 0 Å². The predicted molar refractivity (Wildman–Crippen MR) is 219 cm³/mol. The van der Waals surface area contributed by atoms with Gasteiger partial charge in [0.15, 0.2) is 24.8 Å². The van der Waals surface area contributed by atoms with E-state index in [4.69, 9.17) is 47.7 Å². The quantitative estimate of drug-likeness (QED) is 0.0749. The lowest BCUT2D eigenvalue weighted by atomic mass is 10.1. The van der Waals surface area contributed by atoms with Gasteiger partial charge in [0.05, 0.1) is 39.6 Å². The van der Waals surface area contributed by atoms with Crippen LogP contribution in [0.1, 0.15) is 51.0 Å². The minimum atomic E-state index is -4.74. The van der Waals surface area contributed by atoms with Crippen LogP contribution in [0, 0.1) is 0 Å². The van der Waals surface area contributed by atoms with Gasteiger partial charge in [-0.05, 0) is 22.3 Å². The fourth-order valence-electron chi connectivity index (χ4n) is 6.18. The molecule has 8 atom stereocenters. The van der Waals surface area contributed by atoms with Gasteiger partial charge in [-0.25, -0.2) is 4.57 Å². The molecular weight excluding hydrogens is 799 g/mol. The van der Waals surface area contributed by atoms with Crippen molar-refractivity contribution in [2.75, 3.05) is 13.2 Å². The van der Waals surface area contributed by atoms with Crippen molar-refractivity contribution in [3.63, 3.8) is 0 Å². The van der Waals surface area contributed by atoms with E-state index in [0.717, 1.165) is 22.3 Å². The van der Waals surface area contributed by atoms with E-state index in [0.29, 0.717) is 13.2 Å². The van der Waals surface area contributed by atoms with Gasteiger partial charge in [0.1, 0.15) is 24.4 Å². The molecule has 4 aromatic carbocycles. The number of carbonyl (C=O) groups is 2. The molecule has 2 aliphatic heterocycles. The van der Waals surface area contributed by atoms with Crippen LogP contribution >= 0.6 is 7.82 Å². The highest BCUT2D eigenvalue weighted by molar-refractivity contribution is 7.46. The number of hydrogen-bond donors (Lipinski definition) is 3. The summed E-state index contributed by atoms with van der Waals surface area (Å²) in [5.74, 6) is -1.02. The largest absolute Gasteiger partial charge is 0.469 e. The molecule has 60 heavy (non-hydrogen) atoms. The molecule has 0 saturated carbocycles. The van der Waals surface area contributed by atoms with Gasteiger partial charge in [0.2, 0.25) is 0 Å². The van der Waals surface area contributed by atoms with Crippen LogP contribution in [0.3, 0.4) is 0 Å². The highest BCUT2D eigenvalue weighted by Crippen LogP contribution is 2.38. The number of aliphatic hydroxyl groups excluding tert-OH is 1. The van der Waals surface area contributed by atoms with E-state index in [1.165, 1.54) is 13.8 Å². The zero-order chi connectivity index (χ0) is 41.3. The van der Waals surface area contributed by atoms with Crippen molar-refractivity contribution in [2.45, 2.75) is 104 Å². The van der Waals surface area contributed by atoms with E-state index in [1.54, 1.807) is 0 Å². The topological polar surface area (TPSA) is 195 Å². The van der Waals surface area contributed by atoms with Crippen LogP contribution in [0.15, 0.2) is 121 Å². The summed E-state index contributed by atoms with van der Waals surface area (Å²) in [5.41, 5.74) is 3.69. The minimum Gasteiger partial charge on any atom is -0.454 e. The Morgan fingerprint density at radius 2 is 0.850 bits per heavy atom. The molecule has 2 aliphatic rings. The summed E-state index contributed by atoms with van der Waals surface area (Å²) in [6.45, 7) is 2.82. The average molecular weight is 857 g/mol. The first-order valence-corrected chi connectivity index (χ1v) is 20.1. The van der Waals surface area contributed by atoms with Crippen LogP contribution in [-0.2, 0) is 83.0 Å². The number of carbonyl (C=O) groups excluding carboxylic acids is 2. The van der Waals surface area contributed by atoms with E-state index < -0.39 is 75.6 Å². The maximum Gasteiger partial charge on any atom is 0.469 e. The first kappa shape index (κ1) is 50.0. The zero-order valence-electron chi connectivity index (χ0n) is 32.1. The molecule has 15 nitrogen and oxygen atoms in total. The molecule has 0 amide bonds.